The molecule has 1 saturated carbocycles. The van der Waals surface area contributed by atoms with Gasteiger partial charge in [0.15, 0.2) is 17.5 Å². The summed E-state index contributed by atoms with van der Waals surface area (Å²) in [5, 5.41) is 16.8. The third kappa shape index (κ3) is 5.54. The molecule has 4 N–H and O–H groups in total. The van der Waals surface area contributed by atoms with Gasteiger partial charge in [-0.15, -0.1) is 12.4 Å². The predicted molar refractivity (Wildman–Crippen MR) is 128 cm³/mol. The van der Waals surface area contributed by atoms with Crippen LogP contribution in [-0.4, -0.2) is 49.6 Å². The van der Waals surface area contributed by atoms with Crippen LogP contribution in [0.3, 0.4) is 0 Å². The van der Waals surface area contributed by atoms with Gasteiger partial charge in [-0.2, -0.15) is 0 Å². The van der Waals surface area contributed by atoms with E-state index in [1.807, 2.05) is 0 Å². The largest absolute Gasteiger partial charge is 0.395 e. The maximum atomic E-state index is 14.5. The van der Waals surface area contributed by atoms with Gasteiger partial charge in [-0.05, 0) is 45.6 Å². The zero-order valence-corrected chi connectivity index (χ0v) is 19.9. The zero-order chi connectivity index (χ0) is 22.9. The Labute approximate surface area is 202 Å². The number of hydrogen-bond acceptors (Lipinski definition) is 6. The number of fused-ring (bicyclic) bond motifs is 1. The summed E-state index contributed by atoms with van der Waals surface area (Å²) in [5.41, 5.74) is 0.479. The van der Waals surface area contributed by atoms with Crippen molar-refractivity contribution >= 4 is 46.8 Å². The minimum absolute atomic E-state index is 0. The van der Waals surface area contributed by atoms with E-state index in [-0.39, 0.29) is 42.8 Å². The van der Waals surface area contributed by atoms with E-state index in [4.69, 9.17) is 11.6 Å². The van der Waals surface area contributed by atoms with Crippen LogP contribution in [0, 0.1) is 11.2 Å². The second kappa shape index (κ2) is 10.2. The molecular weight excluding hydrogens is 470 g/mol. The third-order valence-electron chi connectivity index (χ3n) is 5.84. The SMILES string of the molecule is CC(C)(CO)C(=O)N[C@@H]1CCC[C@H](Nc2nc(-c3c[nH]c4ncc(Cl)cc34)ncc2F)C1.Cl. The molecule has 1 aliphatic carbocycles. The number of rotatable bonds is 6. The Kier molecular flexibility index (Phi) is 7.76. The van der Waals surface area contributed by atoms with E-state index in [9.17, 15) is 14.3 Å². The highest BCUT2D eigenvalue weighted by atomic mass is 35.5. The van der Waals surface area contributed by atoms with Crippen molar-refractivity contribution in [3.63, 3.8) is 0 Å². The summed E-state index contributed by atoms with van der Waals surface area (Å²) in [6.07, 6.45) is 7.61. The zero-order valence-electron chi connectivity index (χ0n) is 18.4. The van der Waals surface area contributed by atoms with Crippen molar-refractivity contribution in [2.24, 2.45) is 5.41 Å². The number of nitrogens with one attached hydrogen (secondary N) is 3. The highest BCUT2D eigenvalue weighted by Gasteiger charge is 2.31. The number of carbonyl (C=O) groups is 1. The fourth-order valence-corrected chi connectivity index (χ4v) is 4.02. The number of amides is 1. The summed E-state index contributed by atoms with van der Waals surface area (Å²) >= 11 is 6.07. The lowest BCUT2D eigenvalue weighted by atomic mass is 9.88. The minimum atomic E-state index is -0.842. The standard InChI is InChI=1S/C22H26ClFN6O2.ClH/c1-22(2,11-31)21(32)29-14-5-3-4-13(7-14)28-20-17(24)10-27-19(30-20)16-9-26-18-15(16)6-12(23)8-25-18;/h6,8-10,13-14,31H,3-5,7,11H2,1-2H3,(H,25,26)(H,29,32)(H,27,28,30);1H/t13-,14+;/m0./s1. The molecule has 0 bridgehead atoms. The van der Waals surface area contributed by atoms with Gasteiger partial charge in [-0.1, -0.05) is 11.6 Å². The number of nitrogens with zero attached hydrogens (tertiary/aromatic N) is 3. The van der Waals surface area contributed by atoms with Gasteiger partial charge in [0.05, 0.1) is 23.2 Å². The first-order valence-corrected chi connectivity index (χ1v) is 11.0. The van der Waals surface area contributed by atoms with Crippen LogP contribution in [0.5, 0.6) is 0 Å². The molecule has 11 heteroatoms. The number of aliphatic hydroxyl groups is 1. The fraction of sp³-hybridized carbons (Fsp3) is 0.455. The lowest BCUT2D eigenvalue weighted by Crippen LogP contribution is -2.47. The Balaban J connectivity index is 0.00000306. The number of anilines is 1. The average Bonchev–Trinajstić information content (AvgIpc) is 3.18. The molecule has 1 fully saturated rings. The summed E-state index contributed by atoms with van der Waals surface area (Å²) in [7, 11) is 0. The molecule has 2 atom stereocenters. The van der Waals surface area contributed by atoms with Crippen molar-refractivity contribution in [1.82, 2.24) is 25.3 Å². The predicted octanol–water partition coefficient (Wildman–Crippen LogP) is 4.09. The van der Waals surface area contributed by atoms with E-state index in [1.165, 1.54) is 0 Å². The van der Waals surface area contributed by atoms with Gasteiger partial charge in [0.2, 0.25) is 5.91 Å². The highest BCUT2D eigenvalue weighted by molar-refractivity contribution is 6.31. The summed E-state index contributed by atoms with van der Waals surface area (Å²) < 4.78 is 14.5. The van der Waals surface area contributed by atoms with Gasteiger partial charge in [0, 0.05) is 35.4 Å². The topological polar surface area (TPSA) is 116 Å². The number of halogens is 3. The van der Waals surface area contributed by atoms with Gasteiger partial charge >= 0.3 is 0 Å². The molecule has 0 unspecified atom stereocenters. The average molecular weight is 497 g/mol. The number of hydrogen-bond donors (Lipinski definition) is 4. The molecule has 0 radical (unpaired) electrons. The lowest BCUT2D eigenvalue weighted by Gasteiger charge is -2.33. The third-order valence-corrected chi connectivity index (χ3v) is 6.05. The second-order valence-electron chi connectivity index (χ2n) is 8.86. The Morgan fingerprint density at radius 2 is 2.06 bits per heavy atom. The molecule has 8 nitrogen and oxygen atoms in total. The van der Waals surface area contributed by atoms with Crippen LogP contribution >= 0.6 is 24.0 Å². The fourth-order valence-electron chi connectivity index (χ4n) is 3.86. The first-order chi connectivity index (χ1) is 15.3. The Hall–Kier alpha value is -2.49. The molecule has 178 valence electrons. The monoisotopic (exact) mass is 496 g/mol. The highest BCUT2D eigenvalue weighted by Crippen LogP contribution is 2.29. The molecule has 33 heavy (non-hydrogen) atoms. The number of H-pyrrole nitrogens is 1. The van der Waals surface area contributed by atoms with Crippen LogP contribution in [0.2, 0.25) is 5.02 Å². The van der Waals surface area contributed by atoms with Gasteiger partial charge in [0.1, 0.15) is 5.65 Å². The van der Waals surface area contributed by atoms with Crippen molar-refractivity contribution in [2.45, 2.75) is 51.6 Å². The molecule has 0 aromatic carbocycles. The number of aromatic amines is 1. The molecule has 3 aromatic heterocycles. The summed E-state index contributed by atoms with van der Waals surface area (Å²) in [6, 6.07) is 1.66. The first-order valence-electron chi connectivity index (χ1n) is 10.6. The molecule has 0 saturated heterocycles. The Bertz CT molecular complexity index is 1140. The van der Waals surface area contributed by atoms with Crippen LogP contribution in [0.25, 0.3) is 22.4 Å². The molecule has 1 aliphatic rings. The van der Waals surface area contributed by atoms with Crippen molar-refractivity contribution < 1.29 is 14.3 Å². The maximum absolute atomic E-state index is 14.5. The van der Waals surface area contributed by atoms with Crippen molar-refractivity contribution in [3.05, 3.63) is 35.5 Å². The van der Waals surface area contributed by atoms with E-state index in [0.717, 1.165) is 30.8 Å². The minimum Gasteiger partial charge on any atom is -0.395 e. The normalized spacial score (nSPS) is 18.6. The van der Waals surface area contributed by atoms with Gasteiger partial charge < -0.3 is 20.7 Å². The molecule has 3 aromatic rings. The van der Waals surface area contributed by atoms with Crippen LogP contribution in [0.15, 0.2) is 24.7 Å². The van der Waals surface area contributed by atoms with Crippen molar-refractivity contribution in [2.75, 3.05) is 11.9 Å². The van der Waals surface area contributed by atoms with Crippen LogP contribution in [-0.2, 0) is 4.79 Å². The van der Waals surface area contributed by atoms with E-state index in [2.05, 4.69) is 30.6 Å². The number of carbonyl (C=O) groups excluding carboxylic acids is 1. The van der Waals surface area contributed by atoms with E-state index < -0.39 is 11.2 Å². The number of aromatic nitrogens is 4. The summed E-state index contributed by atoms with van der Waals surface area (Å²) in [4.78, 5) is 28.2. The van der Waals surface area contributed by atoms with Crippen LogP contribution in [0.1, 0.15) is 39.5 Å². The van der Waals surface area contributed by atoms with Gasteiger partial charge in [0.25, 0.3) is 0 Å². The Morgan fingerprint density at radius 1 is 1.30 bits per heavy atom. The molecule has 0 aliphatic heterocycles. The maximum Gasteiger partial charge on any atom is 0.228 e. The summed E-state index contributed by atoms with van der Waals surface area (Å²) in [6.45, 7) is 3.18. The molecule has 1 amide bonds. The van der Waals surface area contributed by atoms with E-state index in [1.54, 1.807) is 32.3 Å². The lowest BCUT2D eigenvalue weighted by molar-refractivity contribution is -0.132. The first kappa shape index (κ1) is 25.1. The van der Waals surface area contributed by atoms with E-state index in [0.29, 0.717) is 28.5 Å². The smallest absolute Gasteiger partial charge is 0.228 e. The molecule has 4 rings (SSSR count). The molecular formula is C22H27Cl2FN6O2. The summed E-state index contributed by atoms with van der Waals surface area (Å²) in [5.74, 6) is -0.258. The van der Waals surface area contributed by atoms with Crippen molar-refractivity contribution in [1.29, 1.82) is 0 Å². The van der Waals surface area contributed by atoms with Crippen molar-refractivity contribution in [3.8, 4) is 11.4 Å². The van der Waals surface area contributed by atoms with Gasteiger partial charge in [-0.25, -0.2) is 19.3 Å². The second-order valence-corrected chi connectivity index (χ2v) is 9.30. The quantitative estimate of drug-likeness (QED) is 0.408. The Morgan fingerprint density at radius 3 is 2.82 bits per heavy atom. The number of aliphatic hydroxyl groups excluding tert-OH is 1. The number of pyridine rings is 1. The molecule has 3 heterocycles. The van der Waals surface area contributed by atoms with Gasteiger partial charge in [-0.3, -0.25) is 4.79 Å². The van der Waals surface area contributed by atoms with E-state index >= 15 is 0 Å². The van der Waals surface area contributed by atoms with Crippen LogP contribution in [0.4, 0.5) is 10.2 Å². The van der Waals surface area contributed by atoms with Crippen LogP contribution < -0.4 is 10.6 Å². The molecule has 0 spiro atoms.